The molecule has 0 aliphatic carbocycles. The largest absolute Gasteiger partial charge is 0.485 e. The first-order chi connectivity index (χ1) is 14.0. The van der Waals surface area contributed by atoms with E-state index in [2.05, 4.69) is 30.7 Å². The first kappa shape index (κ1) is 19.1. The zero-order valence-corrected chi connectivity index (χ0v) is 17.5. The SMILES string of the molecule is Cc1cc(C(=O)COc2ccc(-c3nnco3)cc2)c(C)n1-c1ccc(Br)cc1. The molecule has 0 radical (unpaired) electrons. The average Bonchev–Trinajstić information content (AvgIpc) is 3.36. The van der Waals surface area contributed by atoms with E-state index in [1.165, 1.54) is 6.39 Å². The Balaban J connectivity index is 1.47. The summed E-state index contributed by atoms with van der Waals surface area (Å²) in [5.74, 6) is 0.971. The summed E-state index contributed by atoms with van der Waals surface area (Å²) >= 11 is 3.45. The van der Waals surface area contributed by atoms with Crippen molar-refractivity contribution in [3.63, 3.8) is 0 Å². The van der Waals surface area contributed by atoms with Crippen LogP contribution in [0.25, 0.3) is 17.1 Å². The van der Waals surface area contributed by atoms with Crippen molar-refractivity contribution in [1.29, 1.82) is 0 Å². The minimum Gasteiger partial charge on any atom is -0.485 e. The third-order valence-corrected chi connectivity index (χ3v) is 5.18. The number of aromatic nitrogens is 3. The minimum absolute atomic E-state index is 0.0372. The van der Waals surface area contributed by atoms with Gasteiger partial charge in [0.15, 0.2) is 6.61 Å². The molecule has 29 heavy (non-hydrogen) atoms. The number of hydrogen-bond donors (Lipinski definition) is 0. The second kappa shape index (κ2) is 8.05. The molecule has 0 saturated heterocycles. The molecule has 0 N–H and O–H groups in total. The van der Waals surface area contributed by atoms with Gasteiger partial charge in [0.25, 0.3) is 0 Å². The van der Waals surface area contributed by atoms with Crippen LogP contribution in [0, 0.1) is 13.8 Å². The summed E-state index contributed by atoms with van der Waals surface area (Å²) in [5.41, 5.74) is 4.36. The van der Waals surface area contributed by atoms with Crippen LogP contribution < -0.4 is 4.74 Å². The van der Waals surface area contributed by atoms with Gasteiger partial charge in [-0.25, -0.2) is 0 Å². The Morgan fingerprint density at radius 2 is 1.83 bits per heavy atom. The first-order valence-electron chi connectivity index (χ1n) is 9.00. The van der Waals surface area contributed by atoms with E-state index in [4.69, 9.17) is 9.15 Å². The van der Waals surface area contributed by atoms with Crippen molar-refractivity contribution >= 4 is 21.7 Å². The van der Waals surface area contributed by atoms with Gasteiger partial charge in [-0.2, -0.15) is 0 Å². The fraction of sp³-hybridized carbons (Fsp3) is 0.136. The van der Waals surface area contributed by atoms with Crippen molar-refractivity contribution in [2.75, 3.05) is 6.61 Å². The number of Topliss-reactive ketones (excluding diaryl/α,β-unsaturated/α-hetero) is 1. The molecule has 4 rings (SSSR count). The molecule has 7 heteroatoms. The van der Waals surface area contributed by atoms with E-state index in [1.807, 2.05) is 56.3 Å². The van der Waals surface area contributed by atoms with Gasteiger partial charge in [0.05, 0.1) is 0 Å². The topological polar surface area (TPSA) is 70.2 Å². The van der Waals surface area contributed by atoms with E-state index >= 15 is 0 Å². The lowest BCUT2D eigenvalue weighted by Crippen LogP contribution is -2.12. The quantitative estimate of drug-likeness (QED) is 0.378. The van der Waals surface area contributed by atoms with Crippen LogP contribution in [0.5, 0.6) is 5.75 Å². The molecule has 0 aliphatic heterocycles. The fourth-order valence-corrected chi connectivity index (χ4v) is 3.52. The lowest BCUT2D eigenvalue weighted by molar-refractivity contribution is 0.0921. The molecule has 0 amide bonds. The number of ether oxygens (including phenoxy) is 1. The Hall–Kier alpha value is -3.19. The van der Waals surface area contributed by atoms with Crippen LogP contribution in [0.1, 0.15) is 21.7 Å². The average molecular weight is 452 g/mol. The number of nitrogens with zero attached hydrogens (tertiary/aromatic N) is 3. The Kier molecular flexibility index (Phi) is 5.31. The molecule has 0 saturated carbocycles. The van der Waals surface area contributed by atoms with Gasteiger partial charge >= 0.3 is 0 Å². The highest BCUT2D eigenvalue weighted by Gasteiger charge is 2.17. The highest BCUT2D eigenvalue weighted by molar-refractivity contribution is 9.10. The van der Waals surface area contributed by atoms with Gasteiger partial charge in [-0.3, -0.25) is 4.79 Å². The number of halogens is 1. The van der Waals surface area contributed by atoms with E-state index in [-0.39, 0.29) is 12.4 Å². The number of carbonyl (C=O) groups excluding carboxylic acids is 1. The molecule has 0 spiro atoms. The summed E-state index contributed by atoms with van der Waals surface area (Å²) in [6.07, 6.45) is 1.28. The molecule has 0 bridgehead atoms. The Morgan fingerprint density at radius 1 is 1.10 bits per heavy atom. The molecule has 0 fully saturated rings. The minimum atomic E-state index is -0.0672. The lowest BCUT2D eigenvalue weighted by Gasteiger charge is -2.10. The molecule has 2 heterocycles. The number of aryl methyl sites for hydroxylation is 1. The van der Waals surface area contributed by atoms with Crippen molar-refractivity contribution in [1.82, 2.24) is 14.8 Å². The van der Waals surface area contributed by atoms with E-state index in [0.717, 1.165) is 27.1 Å². The first-order valence-corrected chi connectivity index (χ1v) is 9.79. The second-order valence-electron chi connectivity index (χ2n) is 6.58. The molecule has 0 unspecified atom stereocenters. The van der Waals surface area contributed by atoms with Crippen molar-refractivity contribution in [3.8, 4) is 22.9 Å². The Labute approximate surface area is 176 Å². The number of benzene rings is 2. The smallest absolute Gasteiger partial charge is 0.247 e. The fourth-order valence-electron chi connectivity index (χ4n) is 3.25. The third-order valence-electron chi connectivity index (χ3n) is 4.65. The predicted octanol–water partition coefficient (Wildman–Crippen LogP) is 5.17. The van der Waals surface area contributed by atoms with E-state index in [9.17, 15) is 4.79 Å². The monoisotopic (exact) mass is 451 g/mol. The van der Waals surface area contributed by atoms with Gasteiger partial charge in [-0.15, -0.1) is 10.2 Å². The number of ketones is 1. The van der Waals surface area contributed by atoms with Crippen molar-refractivity contribution in [3.05, 3.63) is 82.4 Å². The summed E-state index contributed by atoms with van der Waals surface area (Å²) in [6, 6.07) is 17.1. The molecule has 2 aromatic heterocycles. The van der Waals surface area contributed by atoms with Crippen molar-refractivity contribution in [2.45, 2.75) is 13.8 Å². The molecular formula is C22H18BrN3O3. The Morgan fingerprint density at radius 3 is 2.48 bits per heavy atom. The normalized spacial score (nSPS) is 10.9. The van der Waals surface area contributed by atoms with Gasteiger partial charge in [0.2, 0.25) is 18.1 Å². The van der Waals surface area contributed by atoms with Crippen molar-refractivity contribution < 1.29 is 13.9 Å². The highest BCUT2D eigenvalue weighted by atomic mass is 79.9. The third kappa shape index (κ3) is 4.00. The molecule has 4 aromatic rings. The molecule has 146 valence electrons. The summed E-state index contributed by atoms with van der Waals surface area (Å²) < 4.78 is 13.9. The standard InChI is InChI=1S/C22H18BrN3O3/c1-14-11-20(15(2)26(14)18-7-5-17(23)6-8-18)21(27)12-28-19-9-3-16(4-10-19)22-25-24-13-29-22/h3-11,13H,12H2,1-2H3. The van der Waals surface area contributed by atoms with Crippen molar-refractivity contribution in [2.24, 2.45) is 0 Å². The number of carbonyl (C=O) groups is 1. The highest BCUT2D eigenvalue weighted by Crippen LogP contribution is 2.24. The van der Waals surface area contributed by atoms with Gasteiger partial charge in [0.1, 0.15) is 5.75 Å². The van der Waals surface area contributed by atoms with Crippen LogP contribution in [0.4, 0.5) is 0 Å². The van der Waals surface area contributed by atoms with E-state index in [0.29, 0.717) is 17.2 Å². The maximum atomic E-state index is 12.8. The van der Waals surface area contributed by atoms with Crippen LogP contribution in [0.3, 0.4) is 0 Å². The predicted molar refractivity (Wildman–Crippen MR) is 113 cm³/mol. The van der Waals surface area contributed by atoms with Gasteiger partial charge in [0, 0.05) is 32.7 Å². The molecule has 0 aliphatic rings. The van der Waals surface area contributed by atoms with E-state index in [1.54, 1.807) is 12.1 Å². The summed E-state index contributed by atoms with van der Waals surface area (Å²) in [5, 5.41) is 7.52. The lowest BCUT2D eigenvalue weighted by atomic mass is 10.1. The summed E-state index contributed by atoms with van der Waals surface area (Å²) in [6.45, 7) is 3.90. The van der Waals surface area contributed by atoms with Gasteiger partial charge in [-0.1, -0.05) is 15.9 Å². The molecule has 2 aromatic carbocycles. The van der Waals surface area contributed by atoms with E-state index < -0.39 is 0 Å². The summed E-state index contributed by atoms with van der Waals surface area (Å²) in [4.78, 5) is 12.8. The number of hydrogen-bond acceptors (Lipinski definition) is 5. The summed E-state index contributed by atoms with van der Waals surface area (Å²) in [7, 11) is 0. The van der Waals surface area contributed by atoms with Crippen LogP contribution in [0.2, 0.25) is 0 Å². The zero-order chi connectivity index (χ0) is 20.4. The number of rotatable bonds is 6. The van der Waals surface area contributed by atoms with Crippen LogP contribution >= 0.6 is 15.9 Å². The van der Waals surface area contributed by atoms with Crippen LogP contribution in [-0.2, 0) is 0 Å². The Bertz CT molecular complexity index is 1130. The zero-order valence-electron chi connectivity index (χ0n) is 15.9. The van der Waals surface area contributed by atoms with Crippen LogP contribution in [0.15, 0.2) is 69.9 Å². The molecule has 6 nitrogen and oxygen atoms in total. The van der Waals surface area contributed by atoms with Crippen LogP contribution in [-0.4, -0.2) is 27.2 Å². The molecular weight excluding hydrogens is 434 g/mol. The maximum absolute atomic E-state index is 12.8. The molecule has 0 atom stereocenters. The van der Waals surface area contributed by atoms with Gasteiger partial charge in [-0.05, 0) is 68.4 Å². The van der Waals surface area contributed by atoms with Gasteiger partial charge < -0.3 is 13.7 Å². The second-order valence-corrected chi connectivity index (χ2v) is 7.49. The maximum Gasteiger partial charge on any atom is 0.247 e.